The summed E-state index contributed by atoms with van der Waals surface area (Å²) >= 11 is 5.89. The highest BCUT2D eigenvalue weighted by atomic mass is 35.5. The molecule has 4 N–H and O–H groups in total. The molecule has 1 atom stereocenters. The molecule has 1 aromatic rings. The van der Waals surface area contributed by atoms with Crippen LogP contribution in [0, 0.1) is 5.82 Å². The van der Waals surface area contributed by atoms with Gasteiger partial charge in [-0.15, -0.1) is 0 Å². The third-order valence-electron chi connectivity index (χ3n) is 2.49. The summed E-state index contributed by atoms with van der Waals surface area (Å²) in [6.45, 7) is 0. The third-order valence-corrected chi connectivity index (χ3v) is 2.80. The van der Waals surface area contributed by atoms with Crippen molar-refractivity contribution in [1.82, 2.24) is 10.9 Å². The molecule has 0 radical (unpaired) electrons. The van der Waals surface area contributed by atoms with Crippen LogP contribution in [-0.2, 0) is 9.59 Å². The van der Waals surface area contributed by atoms with Gasteiger partial charge in [-0.2, -0.15) is 0 Å². The summed E-state index contributed by atoms with van der Waals surface area (Å²) in [5.74, 6) is -1.73. The summed E-state index contributed by atoms with van der Waals surface area (Å²) in [4.78, 5) is 26.3. The summed E-state index contributed by atoms with van der Waals surface area (Å²) in [6, 6.07) is 3.16. The van der Waals surface area contributed by atoms with Crippen LogP contribution in [0.4, 0.5) is 4.39 Å². The Kier molecular flexibility index (Phi) is 3.66. The minimum absolute atomic E-state index is 0.0265. The molecule has 1 heterocycles. The first-order valence-corrected chi connectivity index (χ1v) is 5.73. The van der Waals surface area contributed by atoms with Gasteiger partial charge < -0.3 is 5.73 Å². The molecule has 0 saturated carbocycles. The lowest BCUT2D eigenvalue weighted by Gasteiger charge is -2.22. The van der Waals surface area contributed by atoms with Crippen molar-refractivity contribution in [3.63, 3.8) is 0 Å². The van der Waals surface area contributed by atoms with Gasteiger partial charge in [0.1, 0.15) is 11.9 Å². The van der Waals surface area contributed by atoms with Gasteiger partial charge in [-0.1, -0.05) is 17.7 Å². The molecule has 19 heavy (non-hydrogen) atoms. The predicted octanol–water partition coefficient (Wildman–Crippen LogP) is 0.104. The van der Waals surface area contributed by atoms with E-state index >= 15 is 0 Å². The van der Waals surface area contributed by atoms with Crippen LogP contribution in [0.15, 0.2) is 23.2 Å². The van der Waals surface area contributed by atoms with Crippen molar-refractivity contribution < 1.29 is 14.0 Å². The second kappa shape index (κ2) is 5.23. The van der Waals surface area contributed by atoms with Crippen LogP contribution in [-0.4, -0.2) is 23.7 Å². The Balaban J connectivity index is 2.39. The van der Waals surface area contributed by atoms with E-state index < -0.39 is 23.7 Å². The van der Waals surface area contributed by atoms with Crippen LogP contribution in [0.2, 0.25) is 5.02 Å². The molecule has 1 aliphatic heterocycles. The van der Waals surface area contributed by atoms with Gasteiger partial charge in [0, 0.05) is 0 Å². The molecule has 0 fully saturated rings. The van der Waals surface area contributed by atoms with Crippen LogP contribution < -0.4 is 16.6 Å². The Hall–Kier alpha value is -2.15. The number of amides is 2. The van der Waals surface area contributed by atoms with Gasteiger partial charge in [0.05, 0.1) is 17.0 Å². The van der Waals surface area contributed by atoms with Crippen molar-refractivity contribution in [3.8, 4) is 0 Å². The number of halogens is 2. The highest BCUT2D eigenvalue weighted by molar-refractivity contribution is 6.34. The summed E-state index contributed by atoms with van der Waals surface area (Å²) in [7, 11) is 0. The maximum absolute atomic E-state index is 13.7. The first-order valence-electron chi connectivity index (χ1n) is 5.35. The van der Waals surface area contributed by atoms with Gasteiger partial charge in [0.2, 0.25) is 5.91 Å². The number of nitrogens with two attached hydrogens (primary N) is 1. The SMILES string of the molecule is NC(=O)CC1N=C(c2c(F)cccc2Cl)NNC1=O. The normalized spacial score (nSPS) is 18.3. The number of amidine groups is 1. The number of nitrogens with zero attached hydrogens (tertiary/aromatic N) is 1. The molecule has 0 aliphatic carbocycles. The van der Waals surface area contributed by atoms with Crippen molar-refractivity contribution >= 4 is 29.3 Å². The zero-order chi connectivity index (χ0) is 14.0. The average Bonchev–Trinajstić information content (AvgIpc) is 2.32. The van der Waals surface area contributed by atoms with E-state index in [0.717, 1.165) is 0 Å². The van der Waals surface area contributed by atoms with Gasteiger partial charge in [0.25, 0.3) is 5.91 Å². The average molecular weight is 285 g/mol. The molecule has 1 aromatic carbocycles. The fraction of sp³-hybridized carbons (Fsp3) is 0.182. The summed E-state index contributed by atoms with van der Waals surface area (Å²) in [5.41, 5.74) is 9.78. The van der Waals surface area contributed by atoms with Gasteiger partial charge in [-0.05, 0) is 12.1 Å². The summed E-state index contributed by atoms with van der Waals surface area (Å²) in [6.07, 6.45) is -0.261. The highest BCUT2D eigenvalue weighted by Crippen LogP contribution is 2.20. The fourth-order valence-electron chi connectivity index (χ4n) is 1.63. The zero-order valence-corrected chi connectivity index (χ0v) is 10.4. The van der Waals surface area contributed by atoms with Crippen molar-refractivity contribution in [2.24, 2.45) is 10.7 Å². The number of hydrogen-bond acceptors (Lipinski definition) is 4. The van der Waals surface area contributed by atoms with E-state index in [-0.39, 0.29) is 22.8 Å². The third kappa shape index (κ3) is 2.82. The fourth-order valence-corrected chi connectivity index (χ4v) is 1.88. The number of rotatable bonds is 3. The highest BCUT2D eigenvalue weighted by Gasteiger charge is 2.27. The van der Waals surface area contributed by atoms with Gasteiger partial charge >= 0.3 is 0 Å². The Bertz CT molecular complexity index is 556. The lowest BCUT2D eigenvalue weighted by molar-refractivity contribution is -0.127. The maximum Gasteiger partial charge on any atom is 0.263 e. The Morgan fingerprint density at radius 3 is 2.84 bits per heavy atom. The van der Waals surface area contributed by atoms with Crippen molar-refractivity contribution in [3.05, 3.63) is 34.6 Å². The molecule has 100 valence electrons. The van der Waals surface area contributed by atoms with Crippen LogP contribution >= 0.6 is 11.6 Å². The molecule has 0 saturated heterocycles. The van der Waals surface area contributed by atoms with Crippen molar-refractivity contribution in [1.29, 1.82) is 0 Å². The molecule has 0 spiro atoms. The molecule has 6 nitrogen and oxygen atoms in total. The van der Waals surface area contributed by atoms with E-state index in [2.05, 4.69) is 15.8 Å². The van der Waals surface area contributed by atoms with Crippen LogP contribution in [0.25, 0.3) is 0 Å². The lowest BCUT2D eigenvalue weighted by atomic mass is 10.1. The number of hydrogen-bond donors (Lipinski definition) is 3. The number of carbonyl (C=O) groups is 2. The van der Waals surface area contributed by atoms with E-state index in [0.29, 0.717) is 0 Å². The van der Waals surface area contributed by atoms with Crippen LogP contribution in [0.3, 0.4) is 0 Å². The molecular formula is C11H10ClFN4O2. The van der Waals surface area contributed by atoms with Gasteiger partial charge in [0.15, 0.2) is 5.84 Å². The Morgan fingerprint density at radius 2 is 2.21 bits per heavy atom. The molecule has 2 rings (SSSR count). The van der Waals surface area contributed by atoms with Crippen LogP contribution in [0.1, 0.15) is 12.0 Å². The van der Waals surface area contributed by atoms with E-state index in [1.54, 1.807) is 0 Å². The smallest absolute Gasteiger partial charge is 0.263 e. The van der Waals surface area contributed by atoms with Gasteiger partial charge in [-0.3, -0.25) is 25.4 Å². The Morgan fingerprint density at radius 1 is 1.47 bits per heavy atom. The summed E-state index contributed by atoms with van der Waals surface area (Å²) < 4.78 is 13.7. The zero-order valence-electron chi connectivity index (χ0n) is 9.61. The second-order valence-electron chi connectivity index (χ2n) is 3.87. The predicted molar refractivity (Wildman–Crippen MR) is 66.8 cm³/mol. The topological polar surface area (TPSA) is 96.6 Å². The van der Waals surface area contributed by atoms with Gasteiger partial charge in [-0.25, -0.2) is 4.39 Å². The van der Waals surface area contributed by atoms with Crippen molar-refractivity contribution in [2.45, 2.75) is 12.5 Å². The largest absolute Gasteiger partial charge is 0.370 e. The maximum atomic E-state index is 13.7. The molecule has 8 heteroatoms. The first-order chi connectivity index (χ1) is 8.99. The molecular weight excluding hydrogens is 275 g/mol. The summed E-state index contributed by atoms with van der Waals surface area (Å²) in [5, 5.41) is 0.139. The van der Waals surface area contributed by atoms with E-state index in [1.165, 1.54) is 18.2 Å². The number of carbonyl (C=O) groups excluding carboxylic acids is 2. The molecule has 0 aromatic heterocycles. The lowest BCUT2D eigenvalue weighted by Crippen LogP contribution is -2.52. The van der Waals surface area contributed by atoms with E-state index in [9.17, 15) is 14.0 Å². The number of benzene rings is 1. The number of aliphatic imine (C=N–C) groups is 1. The van der Waals surface area contributed by atoms with E-state index in [1.807, 2.05) is 0 Å². The number of hydrazine groups is 1. The number of primary amides is 1. The van der Waals surface area contributed by atoms with Crippen molar-refractivity contribution in [2.75, 3.05) is 0 Å². The van der Waals surface area contributed by atoms with E-state index in [4.69, 9.17) is 17.3 Å². The molecule has 1 aliphatic rings. The quantitative estimate of drug-likeness (QED) is 0.734. The minimum atomic E-state index is -0.996. The molecule has 1 unspecified atom stereocenters. The second-order valence-corrected chi connectivity index (χ2v) is 4.28. The number of nitrogens with one attached hydrogen (secondary N) is 2. The van der Waals surface area contributed by atoms with Crippen LogP contribution in [0.5, 0.6) is 0 Å². The molecule has 0 bridgehead atoms. The minimum Gasteiger partial charge on any atom is -0.370 e. The standard InChI is InChI=1S/C11H10ClFN4O2/c12-5-2-1-3-6(13)9(5)10-15-7(4-8(14)18)11(19)17-16-10/h1-3,7H,4H2,(H2,14,18)(H,15,16)(H,17,19). The Labute approximate surface area is 112 Å². The monoisotopic (exact) mass is 284 g/mol. The first kappa shape index (κ1) is 13.3. The molecule has 2 amide bonds.